The molecule has 0 unspecified atom stereocenters. The predicted molar refractivity (Wildman–Crippen MR) is 70.7 cm³/mol. The van der Waals surface area contributed by atoms with Crippen LogP contribution < -0.4 is 5.43 Å². The summed E-state index contributed by atoms with van der Waals surface area (Å²) in [6.45, 7) is 0. The van der Waals surface area contributed by atoms with Gasteiger partial charge < -0.3 is 0 Å². The second kappa shape index (κ2) is 6.06. The average Bonchev–Trinajstić information content (AvgIpc) is 2.41. The highest BCUT2D eigenvalue weighted by molar-refractivity contribution is 6.32. The molecular weight excluding hydrogens is 269 g/mol. The number of halogens is 2. The quantitative estimate of drug-likeness (QED) is 0.533. The second-order valence-electron chi connectivity index (χ2n) is 3.56. The van der Waals surface area contributed by atoms with Gasteiger partial charge in [0.1, 0.15) is 11.0 Å². The molecular formula is C13H9ClFN3O. The van der Waals surface area contributed by atoms with Crippen LogP contribution in [-0.2, 0) is 0 Å². The summed E-state index contributed by atoms with van der Waals surface area (Å²) < 4.78 is 13.3. The molecule has 1 aromatic carbocycles. The van der Waals surface area contributed by atoms with Gasteiger partial charge >= 0.3 is 0 Å². The van der Waals surface area contributed by atoms with E-state index in [9.17, 15) is 9.18 Å². The van der Waals surface area contributed by atoms with Crippen LogP contribution >= 0.6 is 11.6 Å². The summed E-state index contributed by atoms with van der Waals surface area (Å²) in [7, 11) is 0. The summed E-state index contributed by atoms with van der Waals surface area (Å²) in [6.07, 6.45) is 2.69. The first-order chi connectivity index (χ1) is 9.18. The smallest absolute Gasteiger partial charge is 0.267 e. The molecule has 0 aliphatic carbocycles. The summed E-state index contributed by atoms with van der Waals surface area (Å²) in [5.41, 5.74) is 2.74. The Hall–Kier alpha value is -2.27. The Morgan fingerprint density at radius 2 is 2.11 bits per heavy atom. The molecule has 19 heavy (non-hydrogen) atoms. The molecule has 1 heterocycles. The maximum absolute atomic E-state index is 13.3. The van der Waals surface area contributed by atoms with E-state index in [4.69, 9.17) is 11.6 Å². The third-order valence-electron chi connectivity index (χ3n) is 2.28. The molecule has 1 aromatic heterocycles. The Kier molecular flexibility index (Phi) is 4.20. The molecule has 0 aliphatic heterocycles. The van der Waals surface area contributed by atoms with E-state index in [0.717, 1.165) is 0 Å². The molecule has 0 atom stereocenters. The van der Waals surface area contributed by atoms with Gasteiger partial charge in [0, 0.05) is 11.8 Å². The van der Waals surface area contributed by atoms with Gasteiger partial charge in [-0.3, -0.25) is 4.79 Å². The third kappa shape index (κ3) is 3.35. The van der Waals surface area contributed by atoms with Crippen LogP contribution in [0.25, 0.3) is 0 Å². The second-order valence-corrected chi connectivity index (χ2v) is 3.92. The largest absolute Gasteiger partial charge is 0.274 e. The molecule has 96 valence electrons. The van der Waals surface area contributed by atoms with E-state index >= 15 is 0 Å². The lowest BCUT2D eigenvalue weighted by Gasteiger charge is -2.01. The fourth-order valence-corrected chi connectivity index (χ4v) is 1.56. The number of hydrogen-bond acceptors (Lipinski definition) is 3. The van der Waals surface area contributed by atoms with E-state index in [1.165, 1.54) is 24.5 Å². The molecule has 2 aromatic rings. The zero-order valence-corrected chi connectivity index (χ0v) is 10.4. The number of nitrogens with zero attached hydrogens (tertiary/aromatic N) is 2. The highest BCUT2D eigenvalue weighted by Gasteiger charge is 2.09. The van der Waals surface area contributed by atoms with E-state index in [-0.39, 0.29) is 16.3 Å². The Morgan fingerprint density at radius 3 is 2.84 bits per heavy atom. The number of nitrogens with one attached hydrogen (secondary N) is 1. The summed E-state index contributed by atoms with van der Waals surface area (Å²) in [6, 6.07) is 9.19. The highest BCUT2D eigenvalue weighted by atomic mass is 35.5. The average molecular weight is 278 g/mol. The monoisotopic (exact) mass is 277 g/mol. The van der Waals surface area contributed by atoms with Crippen molar-refractivity contribution in [2.75, 3.05) is 0 Å². The van der Waals surface area contributed by atoms with Crippen molar-refractivity contribution in [3.8, 4) is 0 Å². The fourth-order valence-electron chi connectivity index (χ4n) is 1.36. The molecule has 2 rings (SSSR count). The minimum Gasteiger partial charge on any atom is -0.267 e. The first kappa shape index (κ1) is 13.2. The number of benzene rings is 1. The first-order valence-electron chi connectivity index (χ1n) is 5.37. The molecule has 0 bridgehead atoms. The van der Waals surface area contributed by atoms with Crippen molar-refractivity contribution < 1.29 is 9.18 Å². The van der Waals surface area contributed by atoms with Crippen LogP contribution in [-0.4, -0.2) is 17.1 Å². The molecule has 0 aliphatic rings. The van der Waals surface area contributed by atoms with Crippen LogP contribution in [0, 0.1) is 5.82 Å². The molecule has 0 saturated carbocycles. The Bertz CT molecular complexity index is 631. The minimum atomic E-state index is -0.509. The number of aromatic nitrogens is 1. The molecule has 0 radical (unpaired) electrons. The van der Waals surface area contributed by atoms with Crippen molar-refractivity contribution in [2.24, 2.45) is 5.10 Å². The van der Waals surface area contributed by atoms with E-state index < -0.39 is 11.7 Å². The number of hydrogen-bond donors (Lipinski definition) is 1. The van der Waals surface area contributed by atoms with Gasteiger partial charge in [-0.05, 0) is 18.2 Å². The van der Waals surface area contributed by atoms with Crippen LogP contribution in [0.15, 0.2) is 47.7 Å². The Morgan fingerprint density at radius 1 is 1.32 bits per heavy atom. The van der Waals surface area contributed by atoms with Crippen LogP contribution in [0.1, 0.15) is 15.9 Å². The normalized spacial score (nSPS) is 10.6. The van der Waals surface area contributed by atoms with Crippen LogP contribution in [0.3, 0.4) is 0 Å². The van der Waals surface area contributed by atoms with E-state index in [1.807, 2.05) is 0 Å². The lowest BCUT2D eigenvalue weighted by Crippen LogP contribution is -2.18. The Balaban J connectivity index is 2.06. The van der Waals surface area contributed by atoms with Gasteiger partial charge in [-0.25, -0.2) is 14.8 Å². The van der Waals surface area contributed by atoms with E-state index in [1.54, 1.807) is 24.3 Å². The van der Waals surface area contributed by atoms with Crippen molar-refractivity contribution in [1.29, 1.82) is 0 Å². The SMILES string of the molecule is O=C(N/N=C/c1ccccc1F)c1cccnc1Cl. The molecule has 1 amide bonds. The van der Waals surface area contributed by atoms with Gasteiger partial charge in [0.2, 0.25) is 0 Å². The molecule has 0 saturated heterocycles. The number of hydrazone groups is 1. The number of amides is 1. The lowest BCUT2D eigenvalue weighted by molar-refractivity contribution is 0.0955. The first-order valence-corrected chi connectivity index (χ1v) is 5.75. The maximum atomic E-state index is 13.3. The van der Waals surface area contributed by atoms with Gasteiger partial charge in [-0.15, -0.1) is 0 Å². The van der Waals surface area contributed by atoms with Gasteiger partial charge in [-0.1, -0.05) is 29.8 Å². The van der Waals surface area contributed by atoms with Crippen LogP contribution in [0.2, 0.25) is 5.15 Å². The number of carbonyl (C=O) groups is 1. The molecule has 1 N–H and O–H groups in total. The molecule has 4 nitrogen and oxygen atoms in total. The van der Waals surface area contributed by atoms with Gasteiger partial charge in [0.15, 0.2) is 0 Å². The summed E-state index contributed by atoms with van der Waals surface area (Å²) in [5, 5.41) is 3.75. The number of rotatable bonds is 3. The Labute approximate surface area is 113 Å². The lowest BCUT2D eigenvalue weighted by atomic mass is 10.2. The third-order valence-corrected chi connectivity index (χ3v) is 2.58. The van der Waals surface area contributed by atoms with Gasteiger partial charge in [0.05, 0.1) is 11.8 Å². The van der Waals surface area contributed by atoms with Gasteiger partial charge in [0.25, 0.3) is 5.91 Å². The zero-order valence-electron chi connectivity index (χ0n) is 9.68. The summed E-state index contributed by atoms with van der Waals surface area (Å²) in [4.78, 5) is 15.5. The molecule has 0 fully saturated rings. The maximum Gasteiger partial charge on any atom is 0.274 e. The summed E-state index contributed by atoms with van der Waals surface area (Å²) >= 11 is 5.76. The van der Waals surface area contributed by atoms with Crippen LogP contribution in [0.5, 0.6) is 0 Å². The number of carbonyl (C=O) groups excluding carboxylic acids is 1. The standard InChI is InChI=1S/C13H9ClFN3O/c14-12-10(5-3-7-16-12)13(19)18-17-8-9-4-1-2-6-11(9)15/h1-8H,(H,18,19)/b17-8+. The number of pyridine rings is 1. The van der Waals surface area contributed by atoms with Crippen molar-refractivity contribution >= 4 is 23.7 Å². The molecule has 6 heteroatoms. The van der Waals surface area contributed by atoms with Gasteiger partial charge in [-0.2, -0.15) is 5.10 Å². The van der Waals surface area contributed by atoms with Crippen molar-refractivity contribution in [3.63, 3.8) is 0 Å². The van der Waals surface area contributed by atoms with Crippen molar-refractivity contribution in [3.05, 3.63) is 64.7 Å². The van der Waals surface area contributed by atoms with Crippen LogP contribution in [0.4, 0.5) is 4.39 Å². The minimum absolute atomic E-state index is 0.0843. The summed E-state index contributed by atoms with van der Waals surface area (Å²) in [5.74, 6) is -0.925. The topological polar surface area (TPSA) is 54.4 Å². The van der Waals surface area contributed by atoms with E-state index in [2.05, 4.69) is 15.5 Å². The molecule has 0 spiro atoms. The van der Waals surface area contributed by atoms with Crippen molar-refractivity contribution in [2.45, 2.75) is 0 Å². The highest BCUT2D eigenvalue weighted by Crippen LogP contribution is 2.10. The van der Waals surface area contributed by atoms with Crippen molar-refractivity contribution in [1.82, 2.24) is 10.4 Å². The predicted octanol–water partition coefficient (Wildman–Crippen LogP) is 2.64. The van der Waals surface area contributed by atoms with E-state index in [0.29, 0.717) is 0 Å². The fraction of sp³-hybridized carbons (Fsp3) is 0. The zero-order chi connectivity index (χ0) is 13.7.